The number of carbonyl (C=O) groups is 4. The second-order valence-corrected chi connectivity index (χ2v) is 8.29. The zero-order valence-corrected chi connectivity index (χ0v) is 18.0. The maximum Gasteiger partial charge on any atom is 0.325 e. The first-order valence-electron chi connectivity index (χ1n) is 10.7. The predicted molar refractivity (Wildman–Crippen MR) is 115 cm³/mol. The lowest BCUT2D eigenvalue weighted by Crippen LogP contribution is -2.53. The zero-order chi connectivity index (χ0) is 22.7. The maximum atomic E-state index is 13.0. The molecule has 4 rings (SSSR count). The van der Waals surface area contributed by atoms with E-state index in [-0.39, 0.29) is 24.1 Å². The van der Waals surface area contributed by atoms with Crippen LogP contribution in [-0.2, 0) is 16.0 Å². The largest absolute Gasteiger partial charge is 0.459 e. The molecule has 1 aromatic heterocycles. The predicted octanol–water partition coefficient (Wildman–Crippen LogP) is 1.51. The highest BCUT2D eigenvalue weighted by molar-refractivity contribution is 6.08. The Balaban J connectivity index is 1.31. The van der Waals surface area contributed by atoms with Gasteiger partial charge >= 0.3 is 6.03 Å². The fourth-order valence-electron chi connectivity index (χ4n) is 4.05. The lowest BCUT2D eigenvalue weighted by molar-refractivity contribution is -0.139. The summed E-state index contributed by atoms with van der Waals surface area (Å²) in [4.78, 5) is 54.7. The Morgan fingerprint density at radius 2 is 1.69 bits per heavy atom. The third kappa shape index (κ3) is 4.37. The number of rotatable bonds is 6. The van der Waals surface area contributed by atoms with Crippen molar-refractivity contribution in [3.63, 3.8) is 0 Å². The Labute approximate surface area is 185 Å². The first-order valence-corrected chi connectivity index (χ1v) is 10.7. The third-order valence-corrected chi connectivity index (χ3v) is 6.05. The van der Waals surface area contributed by atoms with Gasteiger partial charge in [-0.05, 0) is 37.5 Å². The van der Waals surface area contributed by atoms with Crippen LogP contribution in [0.25, 0.3) is 0 Å². The standard InChI is InChI=1S/C23H26N4O5/c1-23(10-9-17-6-3-2-4-7-17)21(30)27(22(31)24-23)16-19(28)25-11-13-26(14-12-25)20(29)18-8-5-15-32-18/h2-8,15H,9-14,16H2,1H3,(H,24,31)/t23-/m0/s1. The van der Waals surface area contributed by atoms with Gasteiger partial charge < -0.3 is 19.5 Å². The molecule has 0 radical (unpaired) electrons. The number of nitrogens with zero attached hydrogens (tertiary/aromatic N) is 3. The molecular formula is C23H26N4O5. The Hall–Kier alpha value is -3.62. The molecule has 2 aliphatic rings. The van der Waals surface area contributed by atoms with Crippen molar-refractivity contribution in [1.29, 1.82) is 0 Å². The minimum absolute atomic E-state index is 0.217. The summed E-state index contributed by atoms with van der Waals surface area (Å²) in [6.45, 7) is 2.78. The van der Waals surface area contributed by atoms with E-state index in [0.29, 0.717) is 39.0 Å². The normalized spacial score (nSPS) is 21.1. The van der Waals surface area contributed by atoms with Crippen LogP contribution in [0.2, 0.25) is 0 Å². The Kier molecular flexibility index (Phi) is 5.98. The van der Waals surface area contributed by atoms with Crippen LogP contribution in [0.3, 0.4) is 0 Å². The van der Waals surface area contributed by atoms with Gasteiger partial charge in [-0.25, -0.2) is 4.79 Å². The van der Waals surface area contributed by atoms with E-state index in [2.05, 4.69) is 5.32 Å². The highest BCUT2D eigenvalue weighted by Gasteiger charge is 2.48. The van der Waals surface area contributed by atoms with E-state index in [0.717, 1.165) is 10.5 Å². The number of hydrogen-bond acceptors (Lipinski definition) is 5. The van der Waals surface area contributed by atoms with Gasteiger partial charge in [-0.2, -0.15) is 0 Å². The van der Waals surface area contributed by atoms with Gasteiger partial charge in [-0.3, -0.25) is 19.3 Å². The summed E-state index contributed by atoms with van der Waals surface area (Å²) >= 11 is 0. The number of benzene rings is 1. The quantitative estimate of drug-likeness (QED) is 0.689. The number of amides is 5. The summed E-state index contributed by atoms with van der Waals surface area (Å²) in [6.07, 6.45) is 2.52. The number of carbonyl (C=O) groups excluding carboxylic acids is 4. The summed E-state index contributed by atoms with van der Waals surface area (Å²) < 4.78 is 5.14. The lowest BCUT2D eigenvalue weighted by atomic mass is 9.93. The maximum absolute atomic E-state index is 13.0. The molecule has 2 aromatic rings. The van der Waals surface area contributed by atoms with Gasteiger partial charge in [-0.1, -0.05) is 30.3 Å². The fourth-order valence-corrected chi connectivity index (χ4v) is 4.05. The molecule has 2 saturated heterocycles. The van der Waals surface area contributed by atoms with Gasteiger partial charge in [0.25, 0.3) is 11.8 Å². The smallest absolute Gasteiger partial charge is 0.325 e. The van der Waals surface area contributed by atoms with Crippen LogP contribution in [0.15, 0.2) is 53.1 Å². The average Bonchev–Trinajstić information content (AvgIpc) is 3.42. The highest BCUT2D eigenvalue weighted by atomic mass is 16.3. The summed E-state index contributed by atoms with van der Waals surface area (Å²) in [5.74, 6) is -0.659. The van der Waals surface area contributed by atoms with Crippen LogP contribution < -0.4 is 5.32 Å². The molecule has 1 aromatic carbocycles. The van der Waals surface area contributed by atoms with Gasteiger partial charge in [0.2, 0.25) is 5.91 Å². The second-order valence-electron chi connectivity index (χ2n) is 8.29. The van der Waals surface area contributed by atoms with Crippen molar-refractivity contribution in [2.24, 2.45) is 0 Å². The third-order valence-electron chi connectivity index (χ3n) is 6.05. The van der Waals surface area contributed by atoms with E-state index in [1.807, 2.05) is 30.3 Å². The molecule has 3 heterocycles. The molecule has 168 valence electrons. The van der Waals surface area contributed by atoms with E-state index < -0.39 is 17.5 Å². The van der Waals surface area contributed by atoms with Crippen LogP contribution in [0.5, 0.6) is 0 Å². The van der Waals surface area contributed by atoms with Crippen LogP contribution >= 0.6 is 0 Å². The van der Waals surface area contributed by atoms with Crippen molar-refractivity contribution in [3.05, 3.63) is 60.1 Å². The molecule has 0 bridgehead atoms. The number of urea groups is 1. The molecule has 2 fully saturated rings. The van der Waals surface area contributed by atoms with Crippen molar-refractivity contribution in [3.8, 4) is 0 Å². The van der Waals surface area contributed by atoms with E-state index in [1.54, 1.807) is 28.9 Å². The van der Waals surface area contributed by atoms with Gasteiger partial charge in [-0.15, -0.1) is 0 Å². The SMILES string of the molecule is C[C@@]1(CCc2ccccc2)NC(=O)N(CC(=O)N2CCN(C(=O)c3ccco3)CC2)C1=O. The van der Waals surface area contributed by atoms with Gasteiger partial charge in [0, 0.05) is 26.2 Å². The number of furan rings is 1. The minimum Gasteiger partial charge on any atom is -0.459 e. The molecule has 32 heavy (non-hydrogen) atoms. The molecule has 0 unspecified atom stereocenters. The van der Waals surface area contributed by atoms with Gasteiger partial charge in [0.05, 0.1) is 6.26 Å². The number of imide groups is 1. The van der Waals surface area contributed by atoms with Crippen molar-refractivity contribution in [1.82, 2.24) is 20.0 Å². The molecule has 9 nitrogen and oxygen atoms in total. The van der Waals surface area contributed by atoms with Crippen LogP contribution in [0.1, 0.15) is 29.5 Å². The van der Waals surface area contributed by atoms with Crippen molar-refractivity contribution in [2.45, 2.75) is 25.3 Å². The number of hydrogen-bond donors (Lipinski definition) is 1. The first kappa shape index (κ1) is 21.6. The average molecular weight is 438 g/mol. The Morgan fingerprint density at radius 1 is 1.00 bits per heavy atom. The number of nitrogens with one attached hydrogen (secondary N) is 1. The lowest BCUT2D eigenvalue weighted by Gasteiger charge is -2.34. The molecule has 0 saturated carbocycles. The van der Waals surface area contributed by atoms with Crippen molar-refractivity contribution in [2.75, 3.05) is 32.7 Å². The molecule has 5 amide bonds. The first-order chi connectivity index (χ1) is 15.4. The van der Waals surface area contributed by atoms with E-state index in [4.69, 9.17) is 4.42 Å². The molecule has 2 aliphatic heterocycles. The van der Waals surface area contributed by atoms with E-state index in [1.165, 1.54) is 6.26 Å². The Morgan fingerprint density at radius 3 is 2.34 bits per heavy atom. The minimum atomic E-state index is -1.04. The molecule has 0 spiro atoms. The van der Waals surface area contributed by atoms with E-state index in [9.17, 15) is 19.2 Å². The summed E-state index contributed by atoms with van der Waals surface area (Å²) in [5.41, 5.74) is 0.0359. The molecule has 1 atom stereocenters. The highest BCUT2D eigenvalue weighted by Crippen LogP contribution is 2.23. The molecule has 1 N–H and O–H groups in total. The van der Waals surface area contributed by atoms with Crippen molar-refractivity contribution >= 4 is 23.8 Å². The molecule has 9 heteroatoms. The number of piperazine rings is 1. The van der Waals surface area contributed by atoms with E-state index >= 15 is 0 Å². The summed E-state index contributed by atoms with van der Waals surface area (Å²) in [7, 11) is 0. The van der Waals surface area contributed by atoms with Crippen molar-refractivity contribution < 1.29 is 23.6 Å². The van der Waals surface area contributed by atoms with Gasteiger partial charge in [0.15, 0.2) is 5.76 Å². The van der Waals surface area contributed by atoms with Gasteiger partial charge in [0.1, 0.15) is 12.1 Å². The summed E-state index contributed by atoms with van der Waals surface area (Å²) in [5, 5.41) is 2.75. The Bertz CT molecular complexity index is 999. The van der Waals surface area contributed by atoms with Crippen LogP contribution in [-0.4, -0.2) is 76.7 Å². The molecular weight excluding hydrogens is 412 g/mol. The number of aryl methyl sites for hydroxylation is 1. The second kappa shape index (κ2) is 8.86. The monoisotopic (exact) mass is 438 g/mol. The van der Waals surface area contributed by atoms with Crippen LogP contribution in [0.4, 0.5) is 4.79 Å². The molecule has 0 aliphatic carbocycles. The zero-order valence-electron chi connectivity index (χ0n) is 18.0. The topological polar surface area (TPSA) is 103 Å². The van der Waals surface area contributed by atoms with Crippen LogP contribution in [0, 0.1) is 0 Å². The summed E-state index contributed by atoms with van der Waals surface area (Å²) in [6, 6.07) is 12.4. The fraction of sp³-hybridized carbons (Fsp3) is 0.391.